The maximum absolute atomic E-state index is 13.5. The van der Waals surface area contributed by atoms with Gasteiger partial charge in [0.15, 0.2) is 5.17 Å². The Morgan fingerprint density at radius 3 is 2.55 bits per heavy atom. The van der Waals surface area contributed by atoms with Crippen molar-refractivity contribution in [2.24, 2.45) is 15.9 Å². The van der Waals surface area contributed by atoms with Gasteiger partial charge in [0, 0.05) is 6.54 Å². The largest absolute Gasteiger partial charge is 0.465 e. The second kappa shape index (κ2) is 14.8. The lowest BCUT2D eigenvalue weighted by Crippen LogP contribution is -2.38. The molecule has 7 nitrogen and oxygen atoms in total. The average molecular weight is 533 g/mol. The van der Waals surface area contributed by atoms with Crippen LogP contribution in [0.1, 0.15) is 48.4 Å². The fourth-order valence-corrected chi connectivity index (χ4v) is 5.27. The normalized spacial score (nSPS) is 19.8. The van der Waals surface area contributed by atoms with Gasteiger partial charge in [-0.25, -0.2) is 4.99 Å². The minimum Gasteiger partial charge on any atom is -0.465 e. The van der Waals surface area contributed by atoms with Crippen molar-refractivity contribution >= 4 is 28.6 Å². The van der Waals surface area contributed by atoms with Gasteiger partial charge in [-0.05, 0) is 68.3 Å². The molecule has 4 rings (SSSR count). The zero-order chi connectivity index (χ0) is 26.6. The Kier molecular flexibility index (Phi) is 10.9. The molecular formula is C30H36N4O3S. The van der Waals surface area contributed by atoms with Crippen LogP contribution in [-0.2, 0) is 20.7 Å². The van der Waals surface area contributed by atoms with Gasteiger partial charge in [-0.15, -0.1) is 0 Å². The summed E-state index contributed by atoms with van der Waals surface area (Å²) in [6.45, 7) is 4.28. The molecule has 1 fully saturated rings. The van der Waals surface area contributed by atoms with Crippen LogP contribution >= 0.6 is 11.8 Å². The molecule has 2 aliphatic heterocycles. The first-order valence-corrected chi connectivity index (χ1v) is 14.6. The number of nitrogens with zero attached hydrogens (tertiary/aromatic N) is 4. The van der Waals surface area contributed by atoms with E-state index in [1.807, 2.05) is 36.6 Å². The highest BCUT2D eigenvalue weighted by Crippen LogP contribution is 2.34. The number of aliphatic imine (C=N–C) groups is 2. The second-order valence-corrected chi connectivity index (χ2v) is 10.4. The van der Waals surface area contributed by atoms with Crippen LogP contribution in [0.5, 0.6) is 0 Å². The predicted molar refractivity (Wildman–Crippen MR) is 153 cm³/mol. The molecule has 0 spiro atoms. The summed E-state index contributed by atoms with van der Waals surface area (Å²) in [7, 11) is 0. The summed E-state index contributed by atoms with van der Waals surface area (Å²) in [5.74, 6) is -1.01. The number of nitriles is 1. The number of carbonyl (C=O) groups is 1. The summed E-state index contributed by atoms with van der Waals surface area (Å²) in [5.41, 5.74) is 3.27. The van der Waals surface area contributed by atoms with Gasteiger partial charge in [0.05, 0.1) is 43.2 Å². The minimum atomic E-state index is -0.675. The lowest BCUT2D eigenvalue weighted by molar-refractivity contribution is -0.147. The van der Waals surface area contributed by atoms with Crippen molar-refractivity contribution in [3.05, 3.63) is 71.3 Å². The Balaban J connectivity index is 1.45. The van der Waals surface area contributed by atoms with Gasteiger partial charge in [-0.3, -0.25) is 9.79 Å². The van der Waals surface area contributed by atoms with Gasteiger partial charge in [-0.2, -0.15) is 5.26 Å². The third-order valence-electron chi connectivity index (χ3n) is 6.93. The SMILES string of the molecule is CSC1=NC(c2ccc(C#N)cc2)C(C(=O)OCCCc2ccccc2)C(COCCN2CCCCC2)=N1. The number of likely N-dealkylation sites (tertiary alicyclic amines) is 1. The standard InChI is InChI=1S/C30H36N4O3S/c1-38-30-32-26(22-36-20-18-34-16-6-3-7-17-34)27(28(33-30)25-14-12-24(21-31)13-15-25)29(35)37-19-8-11-23-9-4-2-5-10-23/h2,4-5,9-10,12-15,27-28H,3,6-8,11,16-20,22H2,1H3. The summed E-state index contributed by atoms with van der Waals surface area (Å²) in [5, 5.41) is 9.84. The van der Waals surface area contributed by atoms with E-state index in [1.54, 1.807) is 12.1 Å². The van der Waals surface area contributed by atoms with E-state index in [2.05, 4.69) is 23.1 Å². The molecule has 2 aromatic rings. The van der Waals surface area contributed by atoms with E-state index >= 15 is 0 Å². The number of carbonyl (C=O) groups excluding carboxylic acids is 1. The molecule has 8 heteroatoms. The molecule has 0 radical (unpaired) electrons. The summed E-state index contributed by atoms with van der Waals surface area (Å²) in [6.07, 6.45) is 7.29. The number of ether oxygens (including phenoxy) is 2. The number of hydrogen-bond donors (Lipinski definition) is 0. The molecule has 0 bridgehead atoms. The van der Waals surface area contributed by atoms with Crippen LogP contribution in [0.25, 0.3) is 0 Å². The van der Waals surface area contributed by atoms with Crippen molar-refractivity contribution in [2.45, 2.75) is 38.1 Å². The Morgan fingerprint density at radius 2 is 1.84 bits per heavy atom. The number of amidine groups is 1. The van der Waals surface area contributed by atoms with Crippen LogP contribution in [0.15, 0.2) is 64.6 Å². The molecule has 0 aliphatic carbocycles. The quantitative estimate of drug-likeness (QED) is 0.297. The van der Waals surface area contributed by atoms with Crippen molar-refractivity contribution in [1.29, 1.82) is 5.26 Å². The molecular weight excluding hydrogens is 496 g/mol. The average Bonchev–Trinajstić information content (AvgIpc) is 2.98. The zero-order valence-electron chi connectivity index (χ0n) is 22.1. The van der Waals surface area contributed by atoms with Crippen LogP contribution in [0.4, 0.5) is 0 Å². The first-order valence-electron chi connectivity index (χ1n) is 13.4. The summed E-state index contributed by atoms with van der Waals surface area (Å²) < 4.78 is 11.9. The molecule has 0 amide bonds. The van der Waals surface area contributed by atoms with E-state index in [0.717, 1.165) is 38.0 Å². The van der Waals surface area contributed by atoms with Crippen molar-refractivity contribution < 1.29 is 14.3 Å². The molecule has 0 N–H and O–H groups in total. The highest BCUT2D eigenvalue weighted by molar-refractivity contribution is 8.13. The number of aryl methyl sites for hydroxylation is 1. The molecule has 200 valence electrons. The van der Waals surface area contributed by atoms with Crippen LogP contribution in [0.3, 0.4) is 0 Å². The van der Waals surface area contributed by atoms with E-state index in [0.29, 0.717) is 29.7 Å². The van der Waals surface area contributed by atoms with Crippen LogP contribution in [-0.4, -0.2) is 67.5 Å². The Morgan fingerprint density at radius 1 is 1.08 bits per heavy atom. The Bertz CT molecular complexity index is 1140. The highest BCUT2D eigenvalue weighted by atomic mass is 32.2. The number of hydrogen-bond acceptors (Lipinski definition) is 8. The smallest absolute Gasteiger partial charge is 0.317 e. The topological polar surface area (TPSA) is 87.3 Å². The molecule has 2 aliphatic rings. The molecule has 2 atom stereocenters. The summed E-state index contributed by atoms with van der Waals surface area (Å²) in [4.78, 5) is 25.4. The van der Waals surface area contributed by atoms with Crippen molar-refractivity contribution in [3.8, 4) is 6.07 Å². The van der Waals surface area contributed by atoms with Crippen molar-refractivity contribution in [1.82, 2.24) is 4.90 Å². The number of benzene rings is 2. The van der Waals surface area contributed by atoms with E-state index in [1.165, 1.54) is 36.6 Å². The molecule has 1 saturated heterocycles. The van der Waals surface area contributed by atoms with Gasteiger partial charge in [0.1, 0.15) is 5.92 Å². The zero-order valence-corrected chi connectivity index (χ0v) is 22.9. The molecule has 0 saturated carbocycles. The van der Waals surface area contributed by atoms with Gasteiger partial charge in [0.25, 0.3) is 0 Å². The van der Waals surface area contributed by atoms with Gasteiger partial charge in [-0.1, -0.05) is 60.6 Å². The highest BCUT2D eigenvalue weighted by Gasteiger charge is 2.38. The fourth-order valence-electron chi connectivity index (χ4n) is 4.84. The lowest BCUT2D eigenvalue weighted by atomic mass is 9.88. The number of thioether (sulfide) groups is 1. The minimum absolute atomic E-state index is 0.254. The van der Waals surface area contributed by atoms with Crippen molar-refractivity contribution in [3.63, 3.8) is 0 Å². The van der Waals surface area contributed by atoms with E-state index in [4.69, 9.17) is 19.5 Å². The first kappa shape index (κ1) is 28.0. The van der Waals surface area contributed by atoms with Crippen LogP contribution in [0, 0.1) is 17.2 Å². The lowest BCUT2D eigenvalue weighted by Gasteiger charge is -2.29. The fraction of sp³-hybridized carbons (Fsp3) is 0.467. The first-order chi connectivity index (χ1) is 18.7. The third kappa shape index (κ3) is 8.00. The molecule has 2 unspecified atom stereocenters. The van der Waals surface area contributed by atoms with Crippen LogP contribution in [0.2, 0.25) is 0 Å². The summed E-state index contributed by atoms with van der Waals surface area (Å²) >= 11 is 1.44. The molecule has 38 heavy (non-hydrogen) atoms. The second-order valence-electron chi connectivity index (χ2n) is 9.59. The number of piperidine rings is 1. The molecule has 2 heterocycles. The maximum Gasteiger partial charge on any atom is 0.317 e. The van der Waals surface area contributed by atoms with Gasteiger partial charge >= 0.3 is 5.97 Å². The monoisotopic (exact) mass is 532 g/mol. The van der Waals surface area contributed by atoms with Gasteiger partial charge < -0.3 is 14.4 Å². The molecule has 0 aromatic heterocycles. The Labute approximate surface area is 230 Å². The number of rotatable bonds is 11. The number of esters is 1. The van der Waals surface area contributed by atoms with Crippen LogP contribution < -0.4 is 0 Å². The third-order valence-corrected chi connectivity index (χ3v) is 7.49. The summed E-state index contributed by atoms with van der Waals surface area (Å²) in [6, 6.07) is 19.1. The maximum atomic E-state index is 13.5. The van der Waals surface area contributed by atoms with Gasteiger partial charge in [0.2, 0.25) is 0 Å². The van der Waals surface area contributed by atoms with E-state index < -0.39 is 12.0 Å². The predicted octanol–water partition coefficient (Wildman–Crippen LogP) is 5.07. The Hall–Kier alpha value is -2.99. The van der Waals surface area contributed by atoms with E-state index in [-0.39, 0.29) is 12.6 Å². The van der Waals surface area contributed by atoms with E-state index in [9.17, 15) is 10.1 Å². The van der Waals surface area contributed by atoms with Crippen molar-refractivity contribution in [2.75, 3.05) is 45.7 Å². The molecule has 2 aromatic carbocycles.